The van der Waals surface area contributed by atoms with Crippen LogP contribution in [0.15, 0.2) is 97.8 Å². The molecule has 0 saturated carbocycles. The molecule has 192 valence electrons. The minimum atomic E-state index is -0.549. The van der Waals surface area contributed by atoms with Crippen molar-refractivity contribution in [3.63, 3.8) is 0 Å². The topological polar surface area (TPSA) is 136 Å². The number of benzene rings is 2. The first-order valence-electron chi connectivity index (χ1n) is 12.5. The van der Waals surface area contributed by atoms with Gasteiger partial charge in [-0.25, -0.2) is 24.9 Å². The molecule has 0 radical (unpaired) electrons. The second-order valence-electron chi connectivity index (χ2n) is 9.29. The van der Waals surface area contributed by atoms with Crippen LogP contribution in [0.5, 0.6) is 0 Å². The zero-order valence-corrected chi connectivity index (χ0v) is 21.4. The molecule has 6 rings (SSSR count). The number of rotatable bonds is 5. The van der Waals surface area contributed by atoms with Gasteiger partial charge in [-0.15, -0.1) is 0 Å². The molecule has 2 aliphatic heterocycles. The Morgan fingerprint density at radius 3 is 2.67 bits per heavy atom. The van der Waals surface area contributed by atoms with Gasteiger partial charge in [-0.2, -0.15) is 0 Å². The Kier molecular flexibility index (Phi) is 6.20. The summed E-state index contributed by atoms with van der Waals surface area (Å²) in [6, 6.07) is 14.7. The molecule has 0 saturated heterocycles. The lowest BCUT2D eigenvalue weighted by atomic mass is 10.0. The molecule has 10 heteroatoms. The van der Waals surface area contributed by atoms with Crippen molar-refractivity contribution in [1.29, 1.82) is 0 Å². The summed E-state index contributed by atoms with van der Waals surface area (Å²) in [6.45, 7) is 3.77. The quantitative estimate of drug-likeness (QED) is 0.406. The minimum absolute atomic E-state index is 0.162. The molecule has 10 nitrogen and oxygen atoms in total. The van der Waals surface area contributed by atoms with E-state index in [0.29, 0.717) is 28.2 Å². The first-order valence-corrected chi connectivity index (χ1v) is 12.5. The van der Waals surface area contributed by atoms with Crippen LogP contribution in [0.4, 0.5) is 0 Å². The number of dihydropyridines is 1. The first kappa shape index (κ1) is 24.2. The van der Waals surface area contributed by atoms with Gasteiger partial charge in [-0.1, -0.05) is 37.3 Å². The SMILES string of the molecule is Cc1ncc(-c2cccc3nc(C(C)C=NC4N=C(N)N=C5C=CC=NC54)n(-c4ccccc4)c(=O)c23)cn1. The first-order chi connectivity index (χ1) is 19.0. The Morgan fingerprint density at radius 1 is 1.08 bits per heavy atom. The van der Waals surface area contributed by atoms with E-state index in [0.717, 1.165) is 16.8 Å². The van der Waals surface area contributed by atoms with Crippen LogP contribution in [-0.4, -0.2) is 55.8 Å². The van der Waals surface area contributed by atoms with Crippen LogP contribution in [-0.2, 0) is 0 Å². The van der Waals surface area contributed by atoms with Gasteiger partial charge in [0.2, 0.25) is 5.96 Å². The number of aromatic nitrogens is 4. The summed E-state index contributed by atoms with van der Waals surface area (Å²) in [6.07, 6.45) is 10.0. The largest absolute Gasteiger partial charge is 0.368 e. The Labute approximate surface area is 224 Å². The van der Waals surface area contributed by atoms with Gasteiger partial charge in [0.25, 0.3) is 5.56 Å². The van der Waals surface area contributed by atoms with Crippen molar-refractivity contribution in [2.45, 2.75) is 32.0 Å². The second-order valence-corrected chi connectivity index (χ2v) is 9.29. The van der Waals surface area contributed by atoms with E-state index in [1.165, 1.54) is 0 Å². The lowest BCUT2D eigenvalue weighted by Gasteiger charge is -2.23. The molecule has 39 heavy (non-hydrogen) atoms. The lowest BCUT2D eigenvalue weighted by molar-refractivity contribution is 0.645. The van der Waals surface area contributed by atoms with Crippen LogP contribution in [0.25, 0.3) is 27.7 Å². The summed E-state index contributed by atoms with van der Waals surface area (Å²) < 4.78 is 1.64. The van der Waals surface area contributed by atoms with Crippen molar-refractivity contribution < 1.29 is 0 Å². The van der Waals surface area contributed by atoms with Crippen LogP contribution < -0.4 is 11.3 Å². The van der Waals surface area contributed by atoms with Crippen LogP contribution >= 0.6 is 0 Å². The Morgan fingerprint density at radius 2 is 1.87 bits per heavy atom. The average Bonchev–Trinajstić information content (AvgIpc) is 2.96. The van der Waals surface area contributed by atoms with Crippen molar-refractivity contribution >= 4 is 35.0 Å². The Hall–Kier alpha value is -5.12. The standard InChI is InChI=1S/C29H25N9O/c1-17(14-34-26-25-23(12-7-13-31-25)36-29(30)37-26)27-35-22-11-6-10-21(19-15-32-18(2)33-16-19)24(22)28(39)38(27)20-8-4-3-5-9-20/h3-17,25-26H,1-2H3,(H2,30,37). The predicted molar refractivity (Wildman–Crippen MR) is 154 cm³/mol. The highest BCUT2D eigenvalue weighted by Gasteiger charge is 2.29. The molecule has 2 aromatic heterocycles. The van der Waals surface area contributed by atoms with E-state index in [2.05, 4.69) is 24.9 Å². The summed E-state index contributed by atoms with van der Waals surface area (Å²) in [4.78, 5) is 45.7. The fourth-order valence-electron chi connectivity index (χ4n) is 4.71. The monoisotopic (exact) mass is 515 g/mol. The van der Waals surface area contributed by atoms with E-state index in [-0.39, 0.29) is 23.5 Å². The van der Waals surface area contributed by atoms with Gasteiger partial charge < -0.3 is 5.73 Å². The summed E-state index contributed by atoms with van der Waals surface area (Å²) in [5.74, 6) is 1.03. The van der Waals surface area contributed by atoms with Crippen molar-refractivity contribution in [3.8, 4) is 16.8 Å². The van der Waals surface area contributed by atoms with Gasteiger partial charge in [0.1, 0.15) is 17.7 Å². The molecule has 2 aliphatic rings. The van der Waals surface area contributed by atoms with Gasteiger partial charge in [-0.05, 0) is 42.8 Å². The van der Waals surface area contributed by atoms with E-state index in [1.54, 1.807) is 29.4 Å². The van der Waals surface area contributed by atoms with Gasteiger partial charge in [0.05, 0.1) is 22.3 Å². The normalized spacial score (nSPS) is 19.1. The average molecular weight is 516 g/mol. The number of fused-ring (bicyclic) bond motifs is 2. The van der Waals surface area contributed by atoms with Crippen molar-refractivity contribution in [3.05, 3.63) is 95.1 Å². The summed E-state index contributed by atoms with van der Waals surface area (Å²) >= 11 is 0. The van der Waals surface area contributed by atoms with Crippen molar-refractivity contribution in [2.75, 3.05) is 0 Å². The number of hydrogen-bond donors (Lipinski definition) is 1. The molecule has 2 aromatic carbocycles. The zero-order chi connectivity index (χ0) is 26.9. The predicted octanol–water partition coefficient (Wildman–Crippen LogP) is 3.43. The minimum Gasteiger partial charge on any atom is -0.368 e. The third kappa shape index (κ3) is 4.56. The smallest absolute Gasteiger partial charge is 0.266 e. The summed E-state index contributed by atoms with van der Waals surface area (Å²) in [5, 5.41) is 0.496. The number of allylic oxidation sites excluding steroid dienone is 1. The number of aliphatic imine (C=N–C) groups is 4. The maximum absolute atomic E-state index is 14.2. The number of nitrogens with two attached hydrogens (primary N) is 1. The number of hydrogen-bond acceptors (Lipinski definition) is 9. The molecule has 0 fully saturated rings. The van der Waals surface area contributed by atoms with Gasteiger partial charge in [0, 0.05) is 36.3 Å². The van der Waals surface area contributed by atoms with E-state index >= 15 is 0 Å². The number of para-hydroxylation sites is 1. The lowest BCUT2D eigenvalue weighted by Crippen LogP contribution is -2.37. The van der Waals surface area contributed by atoms with Crippen LogP contribution in [0.3, 0.4) is 0 Å². The number of nitrogens with zero attached hydrogens (tertiary/aromatic N) is 8. The summed E-state index contributed by atoms with van der Waals surface area (Å²) in [5.41, 5.74) is 9.24. The summed E-state index contributed by atoms with van der Waals surface area (Å²) in [7, 11) is 0. The highest BCUT2D eigenvalue weighted by Crippen LogP contribution is 2.27. The maximum Gasteiger partial charge on any atom is 0.266 e. The molecule has 0 bridgehead atoms. The van der Waals surface area contributed by atoms with Crippen molar-refractivity contribution in [1.82, 2.24) is 19.5 Å². The molecule has 2 N–H and O–H groups in total. The van der Waals surface area contributed by atoms with Gasteiger partial charge >= 0.3 is 0 Å². The van der Waals surface area contributed by atoms with Crippen molar-refractivity contribution in [2.24, 2.45) is 25.7 Å². The van der Waals surface area contributed by atoms with Crippen LogP contribution in [0, 0.1) is 6.92 Å². The van der Waals surface area contributed by atoms with E-state index in [9.17, 15) is 4.79 Å². The van der Waals surface area contributed by atoms with Gasteiger partial charge in [-0.3, -0.25) is 19.3 Å². The molecule has 3 unspecified atom stereocenters. The second kappa shape index (κ2) is 9.97. The Bertz CT molecular complexity index is 1770. The third-order valence-corrected chi connectivity index (χ3v) is 6.59. The molecule has 3 atom stereocenters. The van der Waals surface area contributed by atoms with E-state index in [4.69, 9.17) is 15.7 Å². The number of guanidine groups is 1. The van der Waals surface area contributed by atoms with Crippen LogP contribution in [0.2, 0.25) is 0 Å². The fraction of sp³-hybridized carbons (Fsp3) is 0.172. The molecule has 0 spiro atoms. The number of aryl methyl sites for hydroxylation is 1. The van der Waals surface area contributed by atoms with Crippen LogP contribution in [0.1, 0.15) is 24.5 Å². The van der Waals surface area contributed by atoms with E-state index < -0.39 is 6.17 Å². The molecular formula is C29H25N9O. The molecule has 0 aliphatic carbocycles. The maximum atomic E-state index is 14.2. The molecular weight excluding hydrogens is 490 g/mol. The highest BCUT2D eigenvalue weighted by atomic mass is 16.1. The molecule has 0 amide bonds. The third-order valence-electron chi connectivity index (χ3n) is 6.59. The zero-order valence-electron chi connectivity index (χ0n) is 21.4. The fourth-order valence-corrected chi connectivity index (χ4v) is 4.71. The molecule has 4 aromatic rings. The van der Waals surface area contributed by atoms with E-state index in [1.807, 2.05) is 74.5 Å². The Balaban J connectivity index is 1.48. The molecule has 4 heterocycles. The highest BCUT2D eigenvalue weighted by molar-refractivity contribution is 6.11. The van der Waals surface area contributed by atoms with Gasteiger partial charge in [0.15, 0.2) is 6.17 Å².